The Balaban J connectivity index is 1.45. The number of carbonyl (C=O) groups excluding carboxylic acids is 1. The molecule has 0 bridgehead atoms. The van der Waals surface area contributed by atoms with Crippen LogP contribution in [0.25, 0.3) is 28.0 Å². The van der Waals surface area contributed by atoms with Crippen molar-refractivity contribution in [3.63, 3.8) is 0 Å². The van der Waals surface area contributed by atoms with Crippen molar-refractivity contribution in [2.45, 2.75) is 19.5 Å². The second kappa shape index (κ2) is 7.99. The van der Waals surface area contributed by atoms with Crippen molar-refractivity contribution in [2.24, 2.45) is 0 Å². The van der Waals surface area contributed by atoms with Gasteiger partial charge < -0.3 is 10.2 Å². The summed E-state index contributed by atoms with van der Waals surface area (Å²) in [6.07, 6.45) is 4.42. The minimum atomic E-state index is -1.01. The van der Waals surface area contributed by atoms with Gasteiger partial charge in [-0.1, -0.05) is 6.07 Å². The fraction of sp³-hybridized carbons (Fsp3) is 0.217. The number of halogens is 2. The Hall–Kier alpha value is -3.88. The Labute approximate surface area is 182 Å². The highest BCUT2D eigenvalue weighted by atomic mass is 19.1. The molecule has 5 rings (SSSR count). The fourth-order valence-electron chi connectivity index (χ4n) is 3.83. The number of aryl methyl sites for hydroxylation is 1. The molecule has 0 unspecified atom stereocenters. The van der Waals surface area contributed by atoms with Crippen LogP contribution in [-0.2, 0) is 0 Å². The maximum absolute atomic E-state index is 14.6. The summed E-state index contributed by atoms with van der Waals surface area (Å²) in [6.45, 7) is 2.39. The highest BCUT2D eigenvalue weighted by molar-refractivity contribution is 5.90. The number of rotatable bonds is 3. The van der Waals surface area contributed by atoms with E-state index >= 15 is 0 Å². The summed E-state index contributed by atoms with van der Waals surface area (Å²) in [5, 5.41) is 7.81. The molecular weight excluding hydrogens is 414 g/mol. The molecule has 162 valence electrons. The summed E-state index contributed by atoms with van der Waals surface area (Å²) >= 11 is 0. The number of alkyl halides is 1. The van der Waals surface area contributed by atoms with E-state index in [1.165, 1.54) is 27.8 Å². The van der Waals surface area contributed by atoms with E-state index in [2.05, 4.69) is 20.4 Å². The second-order valence-corrected chi connectivity index (χ2v) is 7.81. The summed E-state index contributed by atoms with van der Waals surface area (Å²) in [6, 6.07) is 9.55. The molecule has 1 aromatic carbocycles. The van der Waals surface area contributed by atoms with Crippen molar-refractivity contribution >= 4 is 22.8 Å². The average Bonchev–Trinajstić information content (AvgIpc) is 3.41. The van der Waals surface area contributed by atoms with Gasteiger partial charge in [-0.3, -0.25) is 4.98 Å². The maximum atomic E-state index is 14.6. The number of hydrogen-bond acceptors (Lipinski definition) is 4. The number of likely N-dealkylation sites (tertiary alicyclic amines) is 1. The lowest BCUT2D eigenvalue weighted by atomic mass is 10.1. The lowest BCUT2D eigenvalue weighted by molar-refractivity contribution is 0.218. The topological polar surface area (TPSA) is 75.9 Å². The van der Waals surface area contributed by atoms with Gasteiger partial charge in [0, 0.05) is 41.8 Å². The van der Waals surface area contributed by atoms with Crippen LogP contribution in [0.4, 0.5) is 19.3 Å². The van der Waals surface area contributed by atoms with Crippen LogP contribution < -0.4 is 5.32 Å². The molecule has 4 aromatic rings. The van der Waals surface area contributed by atoms with Gasteiger partial charge in [0.05, 0.1) is 12.2 Å². The van der Waals surface area contributed by atoms with Gasteiger partial charge in [-0.05, 0) is 49.2 Å². The van der Waals surface area contributed by atoms with Crippen molar-refractivity contribution in [1.82, 2.24) is 24.6 Å². The van der Waals surface area contributed by atoms with Crippen LogP contribution in [0.15, 0.2) is 55.0 Å². The summed E-state index contributed by atoms with van der Waals surface area (Å²) in [5.41, 5.74) is 3.71. The number of benzene rings is 1. The third-order valence-corrected chi connectivity index (χ3v) is 5.50. The van der Waals surface area contributed by atoms with Gasteiger partial charge in [0.25, 0.3) is 0 Å². The average molecular weight is 434 g/mol. The zero-order valence-electron chi connectivity index (χ0n) is 17.3. The summed E-state index contributed by atoms with van der Waals surface area (Å²) < 4.78 is 29.4. The first-order valence-electron chi connectivity index (χ1n) is 10.3. The molecule has 0 radical (unpaired) electrons. The summed E-state index contributed by atoms with van der Waals surface area (Å²) in [5.74, 6) is -0.499. The van der Waals surface area contributed by atoms with Gasteiger partial charge in [0.2, 0.25) is 0 Å². The molecule has 0 spiro atoms. The van der Waals surface area contributed by atoms with Gasteiger partial charge in [-0.25, -0.2) is 23.2 Å². The maximum Gasteiger partial charge on any atom is 0.321 e. The van der Waals surface area contributed by atoms with Gasteiger partial charge >= 0.3 is 6.03 Å². The molecule has 1 saturated heterocycles. The zero-order valence-corrected chi connectivity index (χ0v) is 17.3. The highest BCUT2D eigenvalue weighted by Gasteiger charge is 2.26. The minimum absolute atomic E-state index is 0.0637. The van der Waals surface area contributed by atoms with Gasteiger partial charge in [0.1, 0.15) is 17.7 Å². The second-order valence-electron chi connectivity index (χ2n) is 7.81. The van der Waals surface area contributed by atoms with E-state index in [-0.39, 0.29) is 12.2 Å². The highest BCUT2D eigenvalue weighted by Crippen LogP contribution is 2.25. The first kappa shape index (κ1) is 20.0. The quantitative estimate of drug-likeness (QED) is 0.515. The SMILES string of the molecule is Cc1cccnc1-c1cnc2nn(-c3cc(NC(=O)N4CC[C@@H](F)C4)ccc3F)cc2c1. The number of aromatic nitrogens is 4. The number of pyridine rings is 2. The number of anilines is 1. The molecule has 1 N–H and O–H groups in total. The van der Waals surface area contributed by atoms with Crippen LogP contribution in [0.5, 0.6) is 0 Å². The molecular formula is C23H20F2N6O. The lowest BCUT2D eigenvalue weighted by Gasteiger charge is -2.16. The van der Waals surface area contributed by atoms with Crippen molar-refractivity contribution in [3.8, 4) is 16.9 Å². The van der Waals surface area contributed by atoms with Crippen LogP contribution in [0.3, 0.4) is 0 Å². The first-order valence-corrected chi connectivity index (χ1v) is 10.3. The Kier molecular flexibility index (Phi) is 5.01. The Morgan fingerprint density at radius 3 is 2.88 bits per heavy atom. The Bertz CT molecular complexity index is 1320. The van der Waals surface area contributed by atoms with Gasteiger partial charge in [-0.15, -0.1) is 5.10 Å². The van der Waals surface area contributed by atoms with Gasteiger partial charge in [0.15, 0.2) is 5.65 Å². The van der Waals surface area contributed by atoms with E-state index < -0.39 is 18.0 Å². The Morgan fingerprint density at radius 2 is 2.09 bits per heavy atom. The van der Waals surface area contributed by atoms with E-state index in [0.717, 1.165) is 22.2 Å². The smallest absolute Gasteiger partial charge is 0.321 e. The van der Waals surface area contributed by atoms with E-state index in [1.54, 1.807) is 18.6 Å². The molecule has 1 atom stereocenters. The van der Waals surface area contributed by atoms with E-state index in [0.29, 0.717) is 24.3 Å². The third kappa shape index (κ3) is 3.77. The summed E-state index contributed by atoms with van der Waals surface area (Å²) in [7, 11) is 0. The van der Waals surface area contributed by atoms with Crippen LogP contribution in [0.2, 0.25) is 0 Å². The molecule has 0 saturated carbocycles. The predicted molar refractivity (Wildman–Crippen MR) is 117 cm³/mol. The predicted octanol–water partition coefficient (Wildman–Crippen LogP) is 4.51. The molecule has 1 aliphatic rings. The molecule has 7 nitrogen and oxygen atoms in total. The molecule has 3 aromatic heterocycles. The van der Waals surface area contributed by atoms with Crippen molar-refractivity contribution in [3.05, 3.63) is 66.4 Å². The minimum Gasteiger partial charge on any atom is -0.322 e. The van der Waals surface area contributed by atoms with Crippen molar-refractivity contribution in [1.29, 1.82) is 0 Å². The standard InChI is InChI=1S/C23H20F2N6O/c1-14-3-2-7-26-21(14)15-9-16-12-31(29-22(16)27-11-15)20-10-18(4-5-19(20)25)28-23(32)30-8-6-17(24)13-30/h2-5,7,9-12,17H,6,8,13H2,1H3,(H,28,32)/t17-/m1/s1. The zero-order chi connectivity index (χ0) is 22.2. The molecule has 32 heavy (non-hydrogen) atoms. The molecule has 2 amide bonds. The molecule has 1 aliphatic heterocycles. The largest absolute Gasteiger partial charge is 0.322 e. The number of nitrogens with zero attached hydrogens (tertiary/aromatic N) is 5. The van der Waals surface area contributed by atoms with Crippen LogP contribution >= 0.6 is 0 Å². The van der Waals surface area contributed by atoms with E-state index in [4.69, 9.17) is 0 Å². The van der Waals surface area contributed by atoms with E-state index in [1.807, 2.05) is 25.1 Å². The van der Waals surface area contributed by atoms with Crippen LogP contribution in [0.1, 0.15) is 12.0 Å². The first-order chi connectivity index (χ1) is 15.5. The van der Waals surface area contributed by atoms with E-state index in [9.17, 15) is 13.6 Å². The number of hydrogen-bond donors (Lipinski definition) is 1. The molecule has 1 fully saturated rings. The molecule has 9 heteroatoms. The normalized spacial score (nSPS) is 16.0. The van der Waals surface area contributed by atoms with Crippen LogP contribution in [0, 0.1) is 12.7 Å². The lowest BCUT2D eigenvalue weighted by Crippen LogP contribution is -2.33. The number of nitrogens with one attached hydrogen (secondary N) is 1. The van der Waals surface area contributed by atoms with Crippen molar-refractivity contribution < 1.29 is 13.6 Å². The van der Waals surface area contributed by atoms with Crippen LogP contribution in [-0.4, -0.2) is 49.9 Å². The molecule has 0 aliphatic carbocycles. The Morgan fingerprint density at radius 1 is 1.22 bits per heavy atom. The third-order valence-electron chi connectivity index (χ3n) is 5.50. The van der Waals surface area contributed by atoms with Crippen molar-refractivity contribution in [2.75, 3.05) is 18.4 Å². The summed E-state index contributed by atoms with van der Waals surface area (Å²) in [4.78, 5) is 22.6. The number of fused-ring (bicyclic) bond motifs is 1. The monoisotopic (exact) mass is 434 g/mol. The number of carbonyl (C=O) groups is 1. The molecule has 4 heterocycles. The fourth-order valence-corrected chi connectivity index (χ4v) is 3.83. The van der Waals surface area contributed by atoms with Gasteiger partial charge in [-0.2, -0.15) is 0 Å². The number of urea groups is 1. The number of amides is 2.